The minimum Gasteiger partial charge on any atom is -0.454 e. The fourth-order valence-corrected chi connectivity index (χ4v) is 8.52. The van der Waals surface area contributed by atoms with Crippen molar-refractivity contribution in [2.45, 2.75) is 269 Å². The molecule has 6 N–H and O–H groups in total. The molecule has 1 heterocycles. The molecule has 1 fully saturated rings. The molecule has 1 rings (SSSR count). The van der Waals surface area contributed by atoms with E-state index in [2.05, 4.69) is 26.1 Å². The first-order chi connectivity index (χ1) is 29.4. The number of phosphoric ester groups is 1. The summed E-state index contributed by atoms with van der Waals surface area (Å²) in [7, 11) is -5.31. The zero-order valence-electron chi connectivity index (χ0n) is 38.3. The highest BCUT2D eigenvalue weighted by Crippen LogP contribution is 2.42. The number of rotatable bonds is 40. The van der Waals surface area contributed by atoms with Crippen molar-refractivity contribution in [2.24, 2.45) is 0 Å². The average molecular weight is 894 g/mol. The quantitative estimate of drug-likeness (QED) is 0.0192. The molecule has 0 aromatic rings. The Morgan fingerprint density at radius 2 is 1.07 bits per heavy atom. The van der Waals surface area contributed by atoms with Crippen molar-refractivity contribution < 1.29 is 62.8 Å². The van der Waals surface area contributed by atoms with E-state index in [1.807, 2.05) is 0 Å². The van der Waals surface area contributed by atoms with Gasteiger partial charge in [-0.05, 0) is 25.7 Å². The smallest absolute Gasteiger partial charge is 0.454 e. The Morgan fingerprint density at radius 3 is 1.51 bits per heavy atom. The van der Waals surface area contributed by atoms with Crippen LogP contribution in [0.3, 0.4) is 0 Å². The molecule has 1 aliphatic rings. The van der Waals surface area contributed by atoms with Crippen molar-refractivity contribution in [3.63, 3.8) is 0 Å². The van der Waals surface area contributed by atoms with E-state index in [4.69, 9.17) is 18.7 Å². The SMILES string of the molecule is CCCCCCCCCCCCC(OC(=O)CCCCCCCCCCC)C(=O)O[C@H]1[C@H](OP(=O)(O)O)[C@@H](CO)OC(O)[C@@H]1NC(=O)CC(O)CCCCCCCCCCC. The molecule has 0 spiro atoms. The number of aliphatic hydroxyl groups excluding tert-OH is 3. The molecular weight excluding hydrogens is 805 g/mol. The van der Waals surface area contributed by atoms with Gasteiger partial charge in [-0.1, -0.05) is 188 Å². The van der Waals surface area contributed by atoms with E-state index in [0.717, 1.165) is 70.6 Å². The van der Waals surface area contributed by atoms with Crippen LogP contribution in [0.1, 0.15) is 226 Å². The van der Waals surface area contributed by atoms with Crippen molar-refractivity contribution in [3.05, 3.63) is 0 Å². The number of carbonyl (C=O) groups is 3. The van der Waals surface area contributed by atoms with E-state index in [0.29, 0.717) is 25.7 Å². The van der Waals surface area contributed by atoms with Gasteiger partial charge in [-0.25, -0.2) is 9.36 Å². The molecule has 0 saturated carbocycles. The third kappa shape index (κ3) is 29.4. The number of phosphoric acid groups is 1. The third-order valence-corrected chi connectivity index (χ3v) is 12.1. The van der Waals surface area contributed by atoms with E-state index in [9.17, 15) is 44.1 Å². The van der Waals surface area contributed by atoms with E-state index in [1.165, 1.54) is 89.9 Å². The van der Waals surface area contributed by atoms with Crippen LogP contribution in [-0.4, -0.2) is 92.4 Å². The molecule has 0 aromatic heterocycles. The normalized spacial score (nSPS) is 20.3. The first-order valence-electron chi connectivity index (χ1n) is 24.4. The van der Waals surface area contributed by atoms with E-state index < -0.39 is 75.1 Å². The highest BCUT2D eigenvalue weighted by Gasteiger charge is 2.51. The predicted molar refractivity (Wildman–Crippen MR) is 237 cm³/mol. The number of ether oxygens (including phenoxy) is 3. The highest BCUT2D eigenvalue weighted by atomic mass is 31.2. The Kier molecular flexibility index (Phi) is 34.5. The van der Waals surface area contributed by atoms with Crippen molar-refractivity contribution in [1.82, 2.24) is 5.32 Å². The zero-order chi connectivity index (χ0) is 45.1. The Morgan fingerprint density at radius 1 is 0.639 bits per heavy atom. The van der Waals surface area contributed by atoms with Crippen molar-refractivity contribution >= 4 is 25.7 Å². The molecule has 1 aliphatic heterocycles. The van der Waals surface area contributed by atoms with Gasteiger partial charge in [0.25, 0.3) is 0 Å². The molecular formula is C46H88NO13P. The van der Waals surface area contributed by atoms with Crippen LogP contribution < -0.4 is 5.32 Å². The monoisotopic (exact) mass is 894 g/mol. The maximum absolute atomic E-state index is 14.0. The summed E-state index contributed by atoms with van der Waals surface area (Å²) in [5.74, 6) is -2.36. The van der Waals surface area contributed by atoms with Gasteiger partial charge in [0.05, 0.1) is 19.1 Å². The summed E-state index contributed by atoms with van der Waals surface area (Å²) in [6, 6.07) is -1.62. The van der Waals surface area contributed by atoms with Crippen LogP contribution in [-0.2, 0) is 37.7 Å². The molecule has 1 saturated heterocycles. The lowest BCUT2D eigenvalue weighted by atomic mass is 9.96. The minimum absolute atomic E-state index is 0.101. The standard InChI is InChI=1S/C46H88NO13P/c1-4-7-10-13-16-19-22-24-27-30-33-38(57-41(51)34-31-28-25-21-18-15-12-9-6-3)45(52)59-44-42(46(53)58-39(36-48)43(44)60-61(54,55)56)47-40(50)35-37(49)32-29-26-23-20-17-14-11-8-5-2/h37-39,42-44,46,48-49,53H,4-36H2,1-3H3,(H,47,50)(H2,54,55,56)/t37?,38?,39-,42-,43-,44-,46?/m1/s1. The maximum atomic E-state index is 14.0. The van der Waals surface area contributed by atoms with Crippen LogP contribution in [0.15, 0.2) is 0 Å². The van der Waals surface area contributed by atoms with Gasteiger partial charge in [-0.3, -0.25) is 14.1 Å². The second-order valence-corrected chi connectivity index (χ2v) is 18.5. The molecule has 0 bridgehead atoms. The summed E-state index contributed by atoms with van der Waals surface area (Å²) in [5, 5.41) is 34.2. The summed E-state index contributed by atoms with van der Waals surface area (Å²) in [5.41, 5.74) is 0. The van der Waals surface area contributed by atoms with E-state index in [-0.39, 0.29) is 19.3 Å². The van der Waals surface area contributed by atoms with Crippen LogP contribution in [0.5, 0.6) is 0 Å². The average Bonchev–Trinajstić information content (AvgIpc) is 3.21. The van der Waals surface area contributed by atoms with Crippen LogP contribution in [0.4, 0.5) is 0 Å². The first-order valence-corrected chi connectivity index (χ1v) is 25.9. The Labute approximate surface area is 368 Å². The first kappa shape index (κ1) is 57.4. The number of hydrogen-bond acceptors (Lipinski definition) is 11. The number of esters is 2. The Bertz CT molecular complexity index is 1160. The largest absolute Gasteiger partial charge is 0.470 e. The second kappa shape index (κ2) is 36.7. The number of aliphatic hydroxyl groups is 3. The fraction of sp³-hybridized carbons (Fsp3) is 0.935. The van der Waals surface area contributed by atoms with Gasteiger partial charge in [0.1, 0.15) is 18.2 Å². The number of hydrogen-bond donors (Lipinski definition) is 6. The zero-order valence-corrected chi connectivity index (χ0v) is 39.2. The van der Waals surface area contributed by atoms with Crippen LogP contribution in [0, 0.1) is 0 Å². The minimum atomic E-state index is -5.31. The van der Waals surface area contributed by atoms with Crippen LogP contribution >= 0.6 is 7.82 Å². The van der Waals surface area contributed by atoms with E-state index >= 15 is 0 Å². The summed E-state index contributed by atoms with van der Waals surface area (Å²) in [4.78, 5) is 59.9. The molecule has 1 amide bonds. The maximum Gasteiger partial charge on any atom is 0.470 e. The van der Waals surface area contributed by atoms with Gasteiger partial charge in [0.2, 0.25) is 5.91 Å². The number of amides is 1. The molecule has 7 atom stereocenters. The summed E-state index contributed by atoms with van der Waals surface area (Å²) < 4.78 is 34.0. The Balaban J connectivity index is 3.02. The van der Waals surface area contributed by atoms with Crippen molar-refractivity contribution in [3.8, 4) is 0 Å². The van der Waals surface area contributed by atoms with Crippen molar-refractivity contribution in [1.29, 1.82) is 0 Å². The van der Waals surface area contributed by atoms with Gasteiger partial charge in [-0.2, -0.15) is 0 Å². The van der Waals surface area contributed by atoms with Gasteiger partial charge >= 0.3 is 19.8 Å². The third-order valence-electron chi connectivity index (χ3n) is 11.6. The van der Waals surface area contributed by atoms with Gasteiger partial charge in [0, 0.05) is 6.42 Å². The molecule has 14 nitrogen and oxygen atoms in total. The predicted octanol–water partition coefficient (Wildman–Crippen LogP) is 9.39. The van der Waals surface area contributed by atoms with Crippen LogP contribution in [0.25, 0.3) is 0 Å². The Hall–Kier alpha value is -1.64. The lowest BCUT2D eigenvalue weighted by Crippen LogP contribution is -2.66. The number of nitrogens with one attached hydrogen (secondary N) is 1. The lowest BCUT2D eigenvalue weighted by Gasteiger charge is -2.44. The lowest BCUT2D eigenvalue weighted by molar-refractivity contribution is -0.257. The molecule has 0 radical (unpaired) electrons. The fourth-order valence-electron chi connectivity index (χ4n) is 7.95. The number of carbonyl (C=O) groups excluding carboxylic acids is 3. The van der Waals surface area contributed by atoms with Crippen molar-refractivity contribution in [2.75, 3.05) is 6.61 Å². The summed E-state index contributed by atoms with van der Waals surface area (Å²) in [6.07, 6.45) is 20.6. The van der Waals surface area contributed by atoms with Gasteiger partial charge in [0.15, 0.2) is 18.5 Å². The van der Waals surface area contributed by atoms with E-state index in [1.54, 1.807) is 0 Å². The van der Waals surface area contributed by atoms with Gasteiger partial charge < -0.3 is 44.6 Å². The number of unbranched alkanes of at least 4 members (excludes halogenated alkanes) is 25. The van der Waals surface area contributed by atoms with Gasteiger partial charge in [-0.15, -0.1) is 0 Å². The molecule has 3 unspecified atom stereocenters. The molecule has 0 aliphatic carbocycles. The van der Waals surface area contributed by atoms with Crippen LogP contribution in [0.2, 0.25) is 0 Å². The highest BCUT2D eigenvalue weighted by molar-refractivity contribution is 7.46. The molecule has 360 valence electrons. The summed E-state index contributed by atoms with van der Waals surface area (Å²) in [6.45, 7) is 5.67. The molecule has 15 heteroatoms. The second-order valence-electron chi connectivity index (χ2n) is 17.3. The molecule has 61 heavy (non-hydrogen) atoms. The molecule has 0 aromatic carbocycles. The topological polar surface area (TPSA) is 218 Å². The summed E-state index contributed by atoms with van der Waals surface area (Å²) >= 11 is 0.